The van der Waals surface area contributed by atoms with Gasteiger partial charge in [0, 0.05) is 25.2 Å². The van der Waals surface area contributed by atoms with Gasteiger partial charge in [-0.15, -0.1) is 0 Å². The lowest BCUT2D eigenvalue weighted by atomic mass is 10.0. The number of ether oxygens (including phenoxy) is 1. The second-order valence-corrected chi connectivity index (χ2v) is 7.03. The summed E-state index contributed by atoms with van der Waals surface area (Å²) in [6, 6.07) is 8.40. The van der Waals surface area contributed by atoms with E-state index in [2.05, 4.69) is 23.2 Å². The molecule has 5 heteroatoms. The molecule has 2 amide bonds. The molecule has 2 aliphatic rings. The normalized spacial score (nSPS) is 22.6. The van der Waals surface area contributed by atoms with Crippen molar-refractivity contribution in [2.45, 2.75) is 32.2 Å². The molecule has 1 aromatic rings. The van der Waals surface area contributed by atoms with Gasteiger partial charge in [-0.1, -0.05) is 25.1 Å². The Balaban J connectivity index is 1.70. The predicted molar refractivity (Wildman–Crippen MR) is 95.3 cm³/mol. The van der Waals surface area contributed by atoms with Crippen LogP contribution in [0.15, 0.2) is 24.3 Å². The van der Waals surface area contributed by atoms with Gasteiger partial charge in [-0.2, -0.15) is 0 Å². The van der Waals surface area contributed by atoms with E-state index in [4.69, 9.17) is 4.74 Å². The van der Waals surface area contributed by atoms with Crippen molar-refractivity contribution in [2.24, 2.45) is 5.92 Å². The summed E-state index contributed by atoms with van der Waals surface area (Å²) in [6.45, 7) is 6.74. The average molecular weight is 331 g/mol. The van der Waals surface area contributed by atoms with E-state index in [1.807, 2.05) is 23.1 Å². The number of likely N-dealkylation sites (tertiary alicyclic amines) is 2. The maximum atomic E-state index is 12.5. The number of amides is 2. The Morgan fingerprint density at radius 1 is 1.29 bits per heavy atom. The third-order valence-electron chi connectivity index (χ3n) is 5.24. The van der Waals surface area contributed by atoms with Gasteiger partial charge >= 0.3 is 6.03 Å². The van der Waals surface area contributed by atoms with Gasteiger partial charge in [0.25, 0.3) is 0 Å². The zero-order chi connectivity index (χ0) is 16.9. The van der Waals surface area contributed by atoms with Crippen LogP contribution in [0.4, 0.5) is 4.79 Å². The van der Waals surface area contributed by atoms with Crippen LogP contribution in [0.2, 0.25) is 0 Å². The third kappa shape index (κ3) is 3.83. The first-order valence-electron chi connectivity index (χ1n) is 9.08. The fourth-order valence-corrected chi connectivity index (χ4v) is 3.85. The standard InChI is InChI=1S/C19H29N3O2/c1-15-9-12-22(14-15)19(23)20-13-17(21-10-5-6-11-21)16-7-3-4-8-18(16)24-2/h3-4,7-8,15,17H,5-6,9-14H2,1-2H3,(H,20,23). The molecular weight excluding hydrogens is 302 g/mol. The molecule has 1 N–H and O–H groups in total. The zero-order valence-corrected chi connectivity index (χ0v) is 14.8. The van der Waals surface area contributed by atoms with Gasteiger partial charge in [0.2, 0.25) is 0 Å². The summed E-state index contributed by atoms with van der Waals surface area (Å²) in [6.07, 6.45) is 3.56. The Hall–Kier alpha value is -1.75. The Labute approximate surface area is 145 Å². The fourth-order valence-electron chi connectivity index (χ4n) is 3.85. The molecule has 0 saturated carbocycles. The van der Waals surface area contributed by atoms with E-state index in [0.29, 0.717) is 12.5 Å². The number of rotatable bonds is 5. The van der Waals surface area contributed by atoms with Crippen LogP contribution < -0.4 is 10.1 Å². The van der Waals surface area contributed by atoms with Crippen molar-refractivity contribution in [3.05, 3.63) is 29.8 Å². The van der Waals surface area contributed by atoms with Crippen molar-refractivity contribution in [1.82, 2.24) is 15.1 Å². The van der Waals surface area contributed by atoms with Gasteiger partial charge < -0.3 is 15.0 Å². The molecule has 132 valence electrons. The summed E-state index contributed by atoms with van der Waals surface area (Å²) >= 11 is 0. The van der Waals surface area contributed by atoms with E-state index in [0.717, 1.165) is 43.9 Å². The molecule has 1 aromatic carbocycles. The smallest absolute Gasteiger partial charge is 0.317 e. The number of methoxy groups -OCH3 is 1. The number of para-hydroxylation sites is 1. The van der Waals surface area contributed by atoms with Crippen molar-refractivity contribution >= 4 is 6.03 Å². The summed E-state index contributed by atoms with van der Waals surface area (Å²) in [5.41, 5.74) is 1.16. The highest BCUT2D eigenvalue weighted by molar-refractivity contribution is 5.74. The van der Waals surface area contributed by atoms with Crippen molar-refractivity contribution in [3.63, 3.8) is 0 Å². The zero-order valence-electron chi connectivity index (χ0n) is 14.8. The third-order valence-corrected chi connectivity index (χ3v) is 5.24. The van der Waals surface area contributed by atoms with Crippen LogP contribution in [0.25, 0.3) is 0 Å². The molecule has 2 aliphatic heterocycles. The second kappa shape index (κ2) is 7.88. The fraction of sp³-hybridized carbons (Fsp3) is 0.632. The number of hydrogen-bond acceptors (Lipinski definition) is 3. The summed E-state index contributed by atoms with van der Waals surface area (Å²) in [5, 5.41) is 3.16. The molecule has 0 spiro atoms. The monoisotopic (exact) mass is 331 g/mol. The van der Waals surface area contributed by atoms with Gasteiger partial charge in [-0.3, -0.25) is 4.90 Å². The summed E-state index contributed by atoms with van der Waals surface area (Å²) in [7, 11) is 1.71. The van der Waals surface area contributed by atoms with Crippen molar-refractivity contribution in [1.29, 1.82) is 0 Å². The summed E-state index contributed by atoms with van der Waals surface area (Å²) < 4.78 is 5.56. The van der Waals surface area contributed by atoms with Gasteiger partial charge in [0.05, 0.1) is 13.2 Å². The first-order chi connectivity index (χ1) is 11.7. The van der Waals surface area contributed by atoms with E-state index < -0.39 is 0 Å². The van der Waals surface area contributed by atoms with Gasteiger partial charge in [0.15, 0.2) is 0 Å². The molecule has 2 fully saturated rings. The van der Waals surface area contributed by atoms with Crippen LogP contribution in [-0.2, 0) is 0 Å². The lowest BCUT2D eigenvalue weighted by molar-refractivity contribution is 0.194. The number of nitrogens with one attached hydrogen (secondary N) is 1. The Bertz CT molecular complexity index is 557. The van der Waals surface area contributed by atoms with Crippen LogP contribution in [0, 0.1) is 5.92 Å². The molecule has 2 atom stereocenters. The van der Waals surface area contributed by atoms with Crippen LogP contribution >= 0.6 is 0 Å². The number of nitrogens with zero attached hydrogens (tertiary/aromatic N) is 2. The van der Waals surface area contributed by atoms with E-state index in [1.165, 1.54) is 12.8 Å². The molecule has 0 bridgehead atoms. The molecule has 0 aromatic heterocycles. The summed E-state index contributed by atoms with van der Waals surface area (Å²) in [4.78, 5) is 16.9. The SMILES string of the molecule is COc1ccccc1C(CNC(=O)N1CCC(C)C1)N1CCCC1. The Morgan fingerprint density at radius 3 is 2.71 bits per heavy atom. The van der Waals surface area contributed by atoms with Crippen LogP contribution in [0.1, 0.15) is 37.8 Å². The van der Waals surface area contributed by atoms with Crippen LogP contribution in [0.3, 0.4) is 0 Å². The highest BCUT2D eigenvalue weighted by Gasteiger charge is 2.28. The first kappa shape index (κ1) is 17.1. The Morgan fingerprint density at radius 2 is 2.04 bits per heavy atom. The number of carbonyl (C=O) groups is 1. The van der Waals surface area contributed by atoms with Crippen LogP contribution in [0.5, 0.6) is 5.75 Å². The van der Waals surface area contributed by atoms with E-state index >= 15 is 0 Å². The van der Waals surface area contributed by atoms with E-state index in [1.54, 1.807) is 7.11 Å². The predicted octanol–water partition coefficient (Wildman–Crippen LogP) is 2.88. The molecule has 0 radical (unpaired) electrons. The topological polar surface area (TPSA) is 44.8 Å². The minimum absolute atomic E-state index is 0.0680. The number of benzene rings is 1. The van der Waals surface area contributed by atoms with Crippen molar-refractivity contribution < 1.29 is 9.53 Å². The largest absolute Gasteiger partial charge is 0.496 e. The minimum atomic E-state index is 0.0680. The van der Waals surface area contributed by atoms with Gasteiger partial charge in [-0.05, 0) is 44.3 Å². The minimum Gasteiger partial charge on any atom is -0.496 e. The first-order valence-corrected chi connectivity index (χ1v) is 9.08. The second-order valence-electron chi connectivity index (χ2n) is 7.03. The molecule has 2 saturated heterocycles. The quantitative estimate of drug-likeness (QED) is 0.902. The molecule has 5 nitrogen and oxygen atoms in total. The van der Waals surface area contributed by atoms with Crippen LogP contribution in [-0.4, -0.2) is 55.7 Å². The lowest BCUT2D eigenvalue weighted by Crippen LogP contribution is -2.43. The molecule has 2 unspecified atom stereocenters. The number of urea groups is 1. The average Bonchev–Trinajstić information content (AvgIpc) is 3.27. The van der Waals surface area contributed by atoms with Gasteiger partial charge in [-0.25, -0.2) is 4.79 Å². The highest BCUT2D eigenvalue weighted by atomic mass is 16.5. The molecule has 3 rings (SSSR count). The van der Waals surface area contributed by atoms with Crippen molar-refractivity contribution in [3.8, 4) is 5.75 Å². The molecular formula is C19H29N3O2. The molecule has 24 heavy (non-hydrogen) atoms. The maximum absolute atomic E-state index is 12.5. The molecule has 0 aliphatic carbocycles. The Kier molecular flexibility index (Phi) is 5.61. The van der Waals surface area contributed by atoms with Gasteiger partial charge in [0.1, 0.15) is 5.75 Å². The molecule has 2 heterocycles. The maximum Gasteiger partial charge on any atom is 0.317 e. The van der Waals surface area contributed by atoms with E-state index in [9.17, 15) is 4.79 Å². The summed E-state index contributed by atoms with van der Waals surface area (Å²) in [5.74, 6) is 1.51. The highest BCUT2D eigenvalue weighted by Crippen LogP contribution is 2.31. The van der Waals surface area contributed by atoms with E-state index in [-0.39, 0.29) is 12.1 Å². The number of carbonyl (C=O) groups excluding carboxylic acids is 1. The van der Waals surface area contributed by atoms with Crippen molar-refractivity contribution in [2.75, 3.05) is 39.8 Å². The lowest BCUT2D eigenvalue weighted by Gasteiger charge is -2.30. The number of hydrogen-bond donors (Lipinski definition) is 1.